The van der Waals surface area contributed by atoms with Gasteiger partial charge in [0.15, 0.2) is 0 Å². The van der Waals surface area contributed by atoms with Crippen molar-refractivity contribution in [3.63, 3.8) is 0 Å². The normalized spacial score (nSPS) is 14.5. The van der Waals surface area contributed by atoms with Gasteiger partial charge in [-0.25, -0.2) is 4.39 Å². The molecule has 2 aromatic carbocycles. The maximum atomic E-state index is 13.0. The Morgan fingerprint density at radius 2 is 1.61 bits per heavy atom. The second-order valence-electron chi connectivity index (χ2n) is 7.20. The van der Waals surface area contributed by atoms with Crippen LogP contribution in [-0.2, 0) is 16.0 Å². The van der Waals surface area contributed by atoms with E-state index in [9.17, 15) is 14.0 Å². The van der Waals surface area contributed by atoms with Gasteiger partial charge in [0.1, 0.15) is 5.82 Å². The molecule has 0 N–H and O–H groups in total. The monoisotopic (exact) mass is 380 g/mol. The first-order valence-corrected chi connectivity index (χ1v) is 9.49. The molecule has 3 rings (SSSR count). The highest BCUT2D eigenvalue weighted by Gasteiger charge is 2.23. The number of carbonyl (C=O) groups is 2. The predicted octanol–water partition coefficient (Wildman–Crippen LogP) is 3.37. The van der Waals surface area contributed by atoms with E-state index in [4.69, 9.17) is 0 Å². The molecule has 0 radical (unpaired) electrons. The summed E-state index contributed by atoms with van der Waals surface area (Å²) in [5.74, 6) is -0.340. The number of rotatable bonds is 4. The van der Waals surface area contributed by atoms with E-state index in [1.807, 2.05) is 32.1 Å². The molecule has 4 nitrogen and oxygen atoms in total. The van der Waals surface area contributed by atoms with Crippen LogP contribution in [0.3, 0.4) is 0 Å². The highest BCUT2D eigenvalue weighted by molar-refractivity contribution is 5.92. The minimum Gasteiger partial charge on any atom is -0.339 e. The van der Waals surface area contributed by atoms with Crippen LogP contribution >= 0.6 is 0 Å². The van der Waals surface area contributed by atoms with Gasteiger partial charge in [0.05, 0.1) is 6.42 Å². The van der Waals surface area contributed by atoms with Gasteiger partial charge in [0, 0.05) is 32.3 Å². The zero-order chi connectivity index (χ0) is 20.1. The van der Waals surface area contributed by atoms with Crippen molar-refractivity contribution in [2.24, 2.45) is 0 Å². The average Bonchev–Trinajstić information content (AvgIpc) is 2.69. The second kappa shape index (κ2) is 8.83. The predicted molar refractivity (Wildman–Crippen MR) is 108 cm³/mol. The van der Waals surface area contributed by atoms with E-state index in [1.54, 1.807) is 28.0 Å². The third kappa shape index (κ3) is 5.06. The zero-order valence-electron chi connectivity index (χ0n) is 16.3. The van der Waals surface area contributed by atoms with E-state index in [-0.39, 0.29) is 24.1 Å². The fourth-order valence-electron chi connectivity index (χ4n) is 3.34. The van der Waals surface area contributed by atoms with Crippen LogP contribution in [-0.4, -0.2) is 47.8 Å². The van der Waals surface area contributed by atoms with E-state index in [2.05, 4.69) is 6.07 Å². The van der Waals surface area contributed by atoms with E-state index in [1.165, 1.54) is 17.7 Å². The lowest BCUT2D eigenvalue weighted by molar-refractivity contribution is -0.136. The molecule has 146 valence electrons. The van der Waals surface area contributed by atoms with Crippen LogP contribution < -0.4 is 0 Å². The number of hydrogen-bond donors (Lipinski definition) is 0. The van der Waals surface area contributed by atoms with Crippen LogP contribution in [0.2, 0.25) is 0 Å². The lowest BCUT2D eigenvalue weighted by Crippen LogP contribution is -2.50. The Labute approximate surface area is 165 Å². The Hall–Kier alpha value is -2.95. The molecule has 1 heterocycles. The minimum atomic E-state index is -0.308. The molecule has 5 heteroatoms. The number of piperazine rings is 1. The van der Waals surface area contributed by atoms with Crippen LogP contribution in [0.25, 0.3) is 6.08 Å². The van der Waals surface area contributed by atoms with E-state index in [0.717, 1.165) is 16.7 Å². The van der Waals surface area contributed by atoms with Gasteiger partial charge in [0.25, 0.3) is 0 Å². The number of aryl methyl sites for hydroxylation is 2. The fraction of sp³-hybridized carbons (Fsp3) is 0.304. The van der Waals surface area contributed by atoms with Gasteiger partial charge in [-0.1, -0.05) is 35.9 Å². The quantitative estimate of drug-likeness (QED) is 0.763. The third-order valence-corrected chi connectivity index (χ3v) is 5.04. The summed E-state index contributed by atoms with van der Waals surface area (Å²) in [7, 11) is 0. The maximum Gasteiger partial charge on any atom is 0.246 e. The molecule has 2 aromatic rings. The Kier molecular flexibility index (Phi) is 6.24. The SMILES string of the molecule is Cc1ccc(C=CC(=O)N2CCN(C(=O)Cc3ccc(F)cc3)CC2)c(C)c1. The summed E-state index contributed by atoms with van der Waals surface area (Å²) in [6, 6.07) is 12.1. The number of carbonyl (C=O) groups excluding carboxylic acids is 2. The number of hydrogen-bond acceptors (Lipinski definition) is 2. The molecule has 0 aliphatic carbocycles. The van der Waals surface area contributed by atoms with Crippen LogP contribution in [0.5, 0.6) is 0 Å². The topological polar surface area (TPSA) is 40.6 Å². The van der Waals surface area contributed by atoms with Crippen molar-refractivity contribution in [1.29, 1.82) is 0 Å². The first kappa shape index (κ1) is 19.8. The number of nitrogens with zero attached hydrogens (tertiary/aromatic N) is 2. The molecule has 0 atom stereocenters. The third-order valence-electron chi connectivity index (χ3n) is 5.04. The van der Waals surface area contributed by atoms with Crippen LogP contribution in [0.1, 0.15) is 22.3 Å². The summed E-state index contributed by atoms with van der Waals surface area (Å²) in [6.07, 6.45) is 3.71. The molecule has 0 aromatic heterocycles. The molecule has 0 unspecified atom stereocenters. The van der Waals surface area contributed by atoms with Gasteiger partial charge in [0.2, 0.25) is 11.8 Å². The Bertz CT molecular complexity index is 882. The standard InChI is InChI=1S/C23H25FN2O2/c1-17-3-6-20(18(2)15-17)7-10-22(27)25-11-13-26(14-12-25)23(28)16-19-4-8-21(24)9-5-19/h3-10,15H,11-14,16H2,1-2H3. The van der Waals surface area contributed by atoms with Crippen molar-refractivity contribution in [2.45, 2.75) is 20.3 Å². The van der Waals surface area contributed by atoms with Crippen molar-refractivity contribution in [1.82, 2.24) is 9.80 Å². The van der Waals surface area contributed by atoms with Crippen molar-refractivity contribution in [3.05, 3.63) is 76.6 Å². The van der Waals surface area contributed by atoms with Crippen LogP contribution in [0.4, 0.5) is 4.39 Å². The maximum absolute atomic E-state index is 13.0. The fourth-order valence-corrected chi connectivity index (χ4v) is 3.34. The molecule has 1 aliphatic rings. The summed E-state index contributed by atoms with van der Waals surface area (Å²) in [4.78, 5) is 28.4. The van der Waals surface area contributed by atoms with E-state index >= 15 is 0 Å². The molecule has 0 bridgehead atoms. The highest BCUT2D eigenvalue weighted by Crippen LogP contribution is 2.13. The van der Waals surface area contributed by atoms with Crippen LogP contribution in [0.15, 0.2) is 48.5 Å². The second-order valence-corrected chi connectivity index (χ2v) is 7.20. The Balaban J connectivity index is 1.51. The average molecular weight is 380 g/mol. The highest BCUT2D eigenvalue weighted by atomic mass is 19.1. The van der Waals surface area contributed by atoms with E-state index in [0.29, 0.717) is 26.2 Å². The molecular formula is C23H25FN2O2. The molecule has 0 saturated carbocycles. The number of amides is 2. The number of benzene rings is 2. The first-order chi connectivity index (χ1) is 13.4. The number of halogens is 1. The van der Waals surface area contributed by atoms with Gasteiger partial charge in [-0.2, -0.15) is 0 Å². The summed E-state index contributed by atoms with van der Waals surface area (Å²) < 4.78 is 13.0. The zero-order valence-corrected chi connectivity index (χ0v) is 16.3. The van der Waals surface area contributed by atoms with Crippen molar-refractivity contribution in [3.8, 4) is 0 Å². The summed E-state index contributed by atoms with van der Waals surface area (Å²) >= 11 is 0. The lowest BCUT2D eigenvalue weighted by atomic mass is 10.1. The molecule has 2 amide bonds. The largest absolute Gasteiger partial charge is 0.339 e. The molecule has 0 spiro atoms. The van der Waals surface area contributed by atoms with Gasteiger partial charge in [-0.05, 0) is 48.7 Å². The first-order valence-electron chi connectivity index (χ1n) is 9.49. The summed E-state index contributed by atoms with van der Waals surface area (Å²) in [5, 5.41) is 0. The van der Waals surface area contributed by atoms with Crippen molar-refractivity contribution in [2.75, 3.05) is 26.2 Å². The molecule has 28 heavy (non-hydrogen) atoms. The lowest BCUT2D eigenvalue weighted by Gasteiger charge is -2.34. The summed E-state index contributed by atoms with van der Waals surface area (Å²) in [5.41, 5.74) is 4.16. The molecule has 1 aliphatic heterocycles. The Morgan fingerprint density at radius 3 is 2.25 bits per heavy atom. The van der Waals surface area contributed by atoms with E-state index < -0.39 is 0 Å². The van der Waals surface area contributed by atoms with Crippen molar-refractivity contribution < 1.29 is 14.0 Å². The molecular weight excluding hydrogens is 355 g/mol. The smallest absolute Gasteiger partial charge is 0.246 e. The molecule has 1 saturated heterocycles. The van der Waals surface area contributed by atoms with Gasteiger partial charge in [-0.3, -0.25) is 9.59 Å². The summed E-state index contributed by atoms with van der Waals surface area (Å²) in [6.45, 7) is 6.15. The van der Waals surface area contributed by atoms with Crippen LogP contribution in [0, 0.1) is 19.7 Å². The van der Waals surface area contributed by atoms with Gasteiger partial charge in [-0.15, -0.1) is 0 Å². The minimum absolute atomic E-state index is 0.00419. The van der Waals surface area contributed by atoms with Crippen molar-refractivity contribution >= 4 is 17.9 Å². The van der Waals surface area contributed by atoms with Gasteiger partial charge >= 0.3 is 0 Å². The van der Waals surface area contributed by atoms with Gasteiger partial charge < -0.3 is 9.80 Å². The molecule has 1 fully saturated rings. The Morgan fingerprint density at radius 1 is 0.964 bits per heavy atom.